The summed E-state index contributed by atoms with van der Waals surface area (Å²) in [7, 11) is 4.01. The van der Waals surface area contributed by atoms with Gasteiger partial charge in [0.1, 0.15) is 12.1 Å². The largest absolute Gasteiger partial charge is 0.363 e. The monoisotopic (exact) mass is 290 g/mol. The van der Waals surface area contributed by atoms with E-state index in [1.165, 1.54) is 6.26 Å². The number of aromatic nitrogens is 3. The molecule has 21 heavy (non-hydrogen) atoms. The number of nitrogens with one attached hydrogen (secondary N) is 1. The number of carbonyl (C=O) groups excluding carboxylic acids is 1. The highest BCUT2D eigenvalue weighted by Gasteiger charge is 2.30. The molecule has 0 aliphatic carbocycles. The van der Waals surface area contributed by atoms with E-state index in [9.17, 15) is 4.79 Å². The molecule has 0 radical (unpaired) electrons. The number of likely N-dealkylation sites (N-methyl/N-ethyl adjacent to an activating group) is 1. The molecule has 1 unspecified atom stereocenters. The summed E-state index contributed by atoms with van der Waals surface area (Å²) in [5.74, 6) is 1.38. The zero-order valence-corrected chi connectivity index (χ0v) is 12.1. The number of piperazine rings is 1. The predicted octanol–water partition coefficient (Wildman–Crippen LogP) is 0.929. The van der Waals surface area contributed by atoms with E-state index in [2.05, 4.69) is 20.4 Å². The Morgan fingerprint density at radius 1 is 1.43 bits per heavy atom. The van der Waals surface area contributed by atoms with Gasteiger partial charge in [-0.1, -0.05) is 5.16 Å². The Bertz CT molecular complexity index is 608. The van der Waals surface area contributed by atoms with E-state index in [1.807, 2.05) is 24.9 Å². The summed E-state index contributed by atoms with van der Waals surface area (Å²) >= 11 is 0. The Hall–Kier alpha value is -2.35. The molecule has 2 aromatic rings. The maximum absolute atomic E-state index is 12.3. The van der Waals surface area contributed by atoms with Gasteiger partial charge in [0.2, 0.25) is 0 Å². The van der Waals surface area contributed by atoms with Crippen molar-refractivity contribution in [1.29, 1.82) is 0 Å². The quantitative estimate of drug-likeness (QED) is 0.890. The third-order valence-corrected chi connectivity index (χ3v) is 3.76. The summed E-state index contributed by atoms with van der Waals surface area (Å²) in [6, 6.07) is 1.53. The highest BCUT2D eigenvalue weighted by Crippen LogP contribution is 2.22. The van der Waals surface area contributed by atoms with E-state index in [0.29, 0.717) is 18.9 Å². The zero-order valence-electron chi connectivity index (χ0n) is 12.1. The van der Waals surface area contributed by atoms with Gasteiger partial charge in [0.25, 0.3) is 0 Å². The lowest BCUT2D eigenvalue weighted by atomic mass is 10.1. The highest BCUT2D eigenvalue weighted by molar-refractivity contribution is 5.88. The second-order valence-corrected chi connectivity index (χ2v) is 5.15. The van der Waals surface area contributed by atoms with E-state index in [1.54, 1.807) is 17.2 Å². The normalized spacial score (nSPS) is 19.7. The van der Waals surface area contributed by atoms with Gasteiger partial charge in [0.05, 0.1) is 6.04 Å². The number of rotatable bonds is 2. The van der Waals surface area contributed by atoms with Gasteiger partial charge in [-0.15, -0.1) is 0 Å². The first-order chi connectivity index (χ1) is 10.1. The Labute approximate surface area is 122 Å². The van der Waals surface area contributed by atoms with Crippen LogP contribution in [0.5, 0.6) is 0 Å². The number of nitrogens with zero attached hydrogens (tertiary/aromatic N) is 5. The summed E-state index contributed by atoms with van der Waals surface area (Å²) in [6.45, 7) is 2.05. The summed E-state index contributed by atoms with van der Waals surface area (Å²) in [4.78, 5) is 20.6. The number of imidazole rings is 1. The number of hydrogen-bond acceptors (Lipinski definition) is 5. The van der Waals surface area contributed by atoms with Crippen molar-refractivity contribution in [2.24, 2.45) is 7.05 Å². The number of carbonyl (C=O) groups is 1. The SMILES string of the molecule is CN1CCN(C(=O)Nc2ccon2)CC1c1nccn1C. The van der Waals surface area contributed by atoms with Crippen molar-refractivity contribution in [3.8, 4) is 0 Å². The van der Waals surface area contributed by atoms with Crippen molar-refractivity contribution in [3.63, 3.8) is 0 Å². The van der Waals surface area contributed by atoms with E-state index in [4.69, 9.17) is 4.52 Å². The fourth-order valence-corrected chi connectivity index (χ4v) is 2.50. The molecule has 0 saturated carbocycles. The first kappa shape index (κ1) is 13.6. The van der Waals surface area contributed by atoms with Gasteiger partial charge in [0.15, 0.2) is 5.82 Å². The molecule has 1 aliphatic heterocycles. The summed E-state index contributed by atoms with van der Waals surface area (Å²) < 4.78 is 6.70. The first-order valence-electron chi connectivity index (χ1n) is 6.79. The predicted molar refractivity (Wildman–Crippen MR) is 75.7 cm³/mol. The zero-order chi connectivity index (χ0) is 14.8. The molecule has 112 valence electrons. The lowest BCUT2D eigenvalue weighted by molar-refractivity contribution is 0.110. The molecule has 1 atom stereocenters. The molecule has 2 amide bonds. The van der Waals surface area contributed by atoms with Crippen molar-refractivity contribution < 1.29 is 9.32 Å². The molecule has 1 fully saturated rings. The number of anilines is 1. The van der Waals surface area contributed by atoms with Gasteiger partial charge in [0, 0.05) is 45.1 Å². The van der Waals surface area contributed by atoms with Crippen LogP contribution in [0.25, 0.3) is 0 Å². The minimum atomic E-state index is -0.170. The van der Waals surface area contributed by atoms with Crippen molar-refractivity contribution in [1.82, 2.24) is 24.5 Å². The molecule has 8 heteroatoms. The smallest absolute Gasteiger partial charge is 0.323 e. The van der Waals surface area contributed by atoms with Crippen LogP contribution in [0.3, 0.4) is 0 Å². The lowest BCUT2D eigenvalue weighted by Gasteiger charge is -2.38. The number of urea groups is 1. The second kappa shape index (κ2) is 5.57. The molecule has 3 heterocycles. The Balaban J connectivity index is 1.70. The third-order valence-electron chi connectivity index (χ3n) is 3.76. The minimum absolute atomic E-state index is 0.0850. The van der Waals surface area contributed by atoms with Crippen LogP contribution in [0.4, 0.5) is 10.6 Å². The fourth-order valence-electron chi connectivity index (χ4n) is 2.50. The average molecular weight is 290 g/mol. The van der Waals surface area contributed by atoms with E-state index in [0.717, 1.165) is 12.4 Å². The van der Waals surface area contributed by atoms with E-state index >= 15 is 0 Å². The molecule has 0 spiro atoms. The molecular formula is C13H18N6O2. The van der Waals surface area contributed by atoms with Crippen LogP contribution in [0.1, 0.15) is 11.9 Å². The van der Waals surface area contributed by atoms with Crippen LogP contribution >= 0.6 is 0 Å². The van der Waals surface area contributed by atoms with Crippen molar-refractivity contribution >= 4 is 11.8 Å². The molecule has 8 nitrogen and oxygen atoms in total. The molecule has 1 N–H and O–H groups in total. The van der Waals surface area contributed by atoms with Crippen LogP contribution in [-0.4, -0.2) is 57.2 Å². The standard InChI is InChI=1S/C13H18N6O2/c1-17-6-7-19(13(20)15-11-3-8-21-16-11)9-10(17)12-14-4-5-18(12)2/h3-5,8,10H,6-7,9H2,1-2H3,(H,15,16,20). The molecular weight excluding hydrogens is 272 g/mol. The van der Waals surface area contributed by atoms with Crippen LogP contribution < -0.4 is 5.32 Å². The molecule has 1 saturated heterocycles. The van der Waals surface area contributed by atoms with Gasteiger partial charge in [-0.25, -0.2) is 9.78 Å². The first-order valence-corrected chi connectivity index (χ1v) is 6.79. The second-order valence-electron chi connectivity index (χ2n) is 5.15. The van der Waals surface area contributed by atoms with Crippen molar-refractivity contribution in [3.05, 3.63) is 30.5 Å². The molecule has 0 aromatic carbocycles. The van der Waals surface area contributed by atoms with Crippen LogP contribution in [-0.2, 0) is 7.05 Å². The topological polar surface area (TPSA) is 79.4 Å². The highest BCUT2D eigenvalue weighted by atomic mass is 16.5. The molecule has 1 aliphatic rings. The van der Waals surface area contributed by atoms with Crippen LogP contribution in [0.15, 0.2) is 29.2 Å². The van der Waals surface area contributed by atoms with Crippen molar-refractivity contribution in [2.45, 2.75) is 6.04 Å². The maximum atomic E-state index is 12.3. The van der Waals surface area contributed by atoms with Crippen LogP contribution in [0.2, 0.25) is 0 Å². The number of amides is 2. The summed E-state index contributed by atoms with van der Waals surface area (Å²) in [5, 5.41) is 6.41. The van der Waals surface area contributed by atoms with Gasteiger partial charge in [-0.3, -0.25) is 10.2 Å². The summed E-state index contributed by atoms with van der Waals surface area (Å²) in [5.41, 5.74) is 0. The van der Waals surface area contributed by atoms with Crippen LogP contribution in [0, 0.1) is 0 Å². The average Bonchev–Trinajstić information content (AvgIpc) is 3.11. The van der Waals surface area contributed by atoms with Gasteiger partial charge < -0.3 is 14.0 Å². The molecule has 2 aromatic heterocycles. The molecule has 0 bridgehead atoms. The Morgan fingerprint density at radius 3 is 2.95 bits per heavy atom. The van der Waals surface area contributed by atoms with Crippen molar-refractivity contribution in [2.75, 3.05) is 32.0 Å². The van der Waals surface area contributed by atoms with Gasteiger partial charge in [-0.2, -0.15) is 0 Å². The van der Waals surface area contributed by atoms with Gasteiger partial charge >= 0.3 is 6.03 Å². The fraction of sp³-hybridized carbons (Fsp3) is 0.462. The summed E-state index contributed by atoms with van der Waals surface area (Å²) in [6.07, 6.45) is 5.12. The number of aryl methyl sites for hydroxylation is 1. The number of hydrogen-bond donors (Lipinski definition) is 1. The molecule has 3 rings (SSSR count). The van der Waals surface area contributed by atoms with Gasteiger partial charge in [-0.05, 0) is 7.05 Å². The minimum Gasteiger partial charge on any atom is -0.363 e. The lowest BCUT2D eigenvalue weighted by Crippen LogP contribution is -2.50. The van der Waals surface area contributed by atoms with E-state index in [-0.39, 0.29) is 12.1 Å². The third kappa shape index (κ3) is 2.75. The maximum Gasteiger partial charge on any atom is 0.323 e. The Morgan fingerprint density at radius 2 is 2.29 bits per heavy atom. The Kier molecular flexibility index (Phi) is 3.61. The van der Waals surface area contributed by atoms with E-state index < -0.39 is 0 Å².